The number of carbonyl (C=O) groups is 2. The van der Waals surface area contributed by atoms with Gasteiger partial charge < -0.3 is 14.0 Å². The lowest BCUT2D eigenvalue weighted by Gasteiger charge is -2.14. The van der Waals surface area contributed by atoms with Crippen LogP contribution in [-0.2, 0) is 14.0 Å². The second-order valence-corrected chi connectivity index (χ2v) is 9.80. The Bertz CT molecular complexity index is 836. The van der Waals surface area contributed by atoms with Gasteiger partial charge in [-0.1, -0.05) is 13.8 Å². The number of ether oxygens (including phenoxy) is 2. The normalized spacial score (nSPS) is 10.4. The van der Waals surface area contributed by atoms with Gasteiger partial charge in [0.05, 0.1) is 25.3 Å². The molecule has 0 N–H and O–H groups in total. The molecular weight excluding hydrogens is 435 g/mol. The van der Waals surface area contributed by atoms with Gasteiger partial charge in [-0.15, -0.1) is 0 Å². The van der Waals surface area contributed by atoms with Gasteiger partial charge in [0.25, 0.3) is 0 Å². The van der Waals surface area contributed by atoms with E-state index in [9.17, 15) is 14.2 Å². The largest absolute Gasteiger partial charge is 0.465 e. The lowest BCUT2D eigenvalue weighted by Crippen LogP contribution is -2.13. The van der Waals surface area contributed by atoms with Crippen LogP contribution in [0.5, 0.6) is 0 Å². The molecule has 0 aliphatic carbocycles. The van der Waals surface area contributed by atoms with Crippen molar-refractivity contribution in [1.29, 1.82) is 0 Å². The highest BCUT2D eigenvalue weighted by Gasteiger charge is 2.21. The quantitative estimate of drug-likeness (QED) is 0.501. The number of hydrogen-bond acceptors (Lipinski definition) is 7. The van der Waals surface area contributed by atoms with Gasteiger partial charge in [-0.25, -0.2) is 9.59 Å². The summed E-state index contributed by atoms with van der Waals surface area (Å²) < 4.78 is 22.3. The molecular formula is C18H22BrN2O5P. The predicted octanol–water partition coefficient (Wildman–Crippen LogP) is 3.53. The number of methoxy groups -OCH3 is 2. The number of esters is 2. The van der Waals surface area contributed by atoms with E-state index in [-0.39, 0.29) is 5.97 Å². The van der Waals surface area contributed by atoms with Crippen molar-refractivity contribution in [2.45, 2.75) is 13.8 Å². The van der Waals surface area contributed by atoms with Crippen LogP contribution < -0.4 is 5.30 Å². The number of halogens is 1. The van der Waals surface area contributed by atoms with Crippen LogP contribution in [0.4, 0.5) is 0 Å². The zero-order chi connectivity index (χ0) is 20.4. The molecule has 2 aromatic rings. The van der Waals surface area contributed by atoms with Gasteiger partial charge in [0.2, 0.25) is 0 Å². The van der Waals surface area contributed by atoms with Crippen molar-refractivity contribution in [2.75, 3.05) is 26.5 Å². The summed E-state index contributed by atoms with van der Waals surface area (Å²) in [5.74, 6) is -0.827. The van der Waals surface area contributed by atoms with Crippen LogP contribution in [0, 0.1) is 0 Å². The number of aromatic nitrogens is 2. The highest BCUT2D eigenvalue weighted by atomic mass is 79.9. The van der Waals surface area contributed by atoms with Crippen molar-refractivity contribution < 1.29 is 23.6 Å². The summed E-state index contributed by atoms with van der Waals surface area (Å²) in [6.45, 7) is 3.77. The average molecular weight is 457 g/mol. The minimum Gasteiger partial charge on any atom is -0.465 e. The monoisotopic (exact) mass is 456 g/mol. The third-order valence-corrected chi connectivity index (χ3v) is 7.43. The molecule has 0 saturated heterocycles. The molecule has 0 atom stereocenters. The molecule has 0 amide bonds. The van der Waals surface area contributed by atoms with Gasteiger partial charge in [-0.2, -0.15) is 0 Å². The number of hydrogen-bond donors (Lipinski definition) is 0. The molecule has 0 unspecified atom stereocenters. The highest BCUT2D eigenvalue weighted by Crippen LogP contribution is 2.43. The fourth-order valence-electron chi connectivity index (χ4n) is 2.11. The van der Waals surface area contributed by atoms with Gasteiger partial charge in [0.1, 0.15) is 7.14 Å². The number of pyridine rings is 2. The Morgan fingerprint density at radius 2 is 1.41 bits per heavy atom. The standard InChI is InChI=1S/C11H16NO3P.C7H6BrNO2/c1-4-16(14,5-2)10-6-9(7-12-8-10)11(13)15-3;1-11-7(10)5-2-6(8)4-9-3-5/h6-8H,4-5H2,1-3H3;2-4H,1H3. The topological polar surface area (TPSA) is 95.5 Å². The fraction of sp³-hybridized carbons (Fsp3) is 0.333. The van der Waals surface area contributed by atoms with E-state index >= 15 is 0 Å². The van der Waals surface area contributed by atoms with Crippen LogP contribution in [0.25, 0.3) is 0 Å². The second-order valence-electron chi connectivity index (χ2n) is 5.33. The predicted molar refractivity (Wildman–Crippen MR) is 107 cm³/mol. The summed E-state index contributed by atoms with van der Waals surface area (Å²) in [5.41, 5.74) is 0.795. The van der Waals surface area contributed by atoms with Crippen LogP contribution >= 0.6 is 23.1 Å². The number of nitrogens with zero attached hydrogens (tertiary/aromatic N) is 2. The van der Waals surface area contributed by atoms with Crippen molar-refractivity contribution in [3.63, 3.8) is 0 Å². The zero-order valence-corrected chi connectivity index (χ0v) is 18.1. The summed E-state index contributed by atoms with van der Waals surface area (Å²) in [6.07, 6.45) is 7.21. The van der Waals surface area contributed by atoms with E-state index in [1.165, 1.54) is 26.6 Å². The first-order valence-electron chi connectivity index (χ1n) is 8.12. The fourth-order valence-corrected chi connectivity index (χ4v) is 4.30. The van der Waals surface area contributed by atoms with Crippen molar-refractivity contribution in [1.82, 2.24) is 9.97 Å². The van der Waals surface area contributed by atoms with Crippen LogP contribution in [0.3, 0.4) is 0 Å². The van der Waals surface area contributed by atoms with Crippen LogP contribution in [0.2, 0.25) is 0 Å². The highest BCUT2D eigenvalue weighted by molar-refractivity contribution is 9.10. The Morgan fingerprint density at radius 3 is 1.85 bits per heavy atom. The van der Waals surface area contributed by atoms with Crippen molar-refractivity contribution >= 4 is 40.3 Å². The third kappa shape index (κ3) is 6.56. The zero-order valence-electron chi connectivity index (χ0n) is 15.6. The SMILES string of the molecule is CCP(=O)(CC)c1cncc(C(=O)OC)c1.COC(=O)c1cncc(Br)c1. The molecule has 2 aromatic heterocycles. The maximum absolute atomic E-state index is 12.4. The Morgan fingerprint density at radius 1 is 0.926 bits per heavy atom. The van der Waals surface area contributed by atoms with Gasteiger partial charge >= 0.3 is 11.9 Å². The molecule has 2 heterocycles. The molecule has 0 aliphatic heterocycles. The molecule has 0 aromatic carbocycles. The maximum Gasteiger partial charge on any atom is 0.339 e. The smallest absolute Gasteiger partial charge is 0.339 e. The minimum atomic E-state index is -2.38. The molecule has 0 fully saturated rings. The summed E-state index contributed by atoms with van der Waals surface area (Å²) in [4.78, 5) is 29.9. The van der Waals surface area contributed by atoms with E-state index < -0.39 is 13.1 Å². The van der Waals surface area contributed by atoms with Gasteiger partial charge in [0.15, 0.2) is 0 Å². The van der Waals surface area contributed by atoms with E-state index in [1.54, 1.807) is 24.5 Å². The minimum absolute atomic E-state index is 0.349. The maximum atomic E-state index is 12.4. The van der Waals surface area contributed by atoms with E-state index in [4.69, 9.17) is 0 Å². The van der Waals surface area contributed by atoms with Gasteiger partial charge in [0, 0.05) is 46.9 Å². The molecule has 0 bridgehead atoms. The molecule has 7 nitrogen and oxygen atoms in total. The first-order chi connectivity index (χ1) is 12.8. The van der Waals surface area contributed by atoms with Crippen molar-refractivity contribution in [3.05, 3.63) is 52.5 Å². The summed E-state index contributed by atoms with van der Waals surface area (Å²) in [5, 5.41) is 0.653. The Kier molecular flexibility index (Phi) is 9.32. The van der Waals surface area contributed by atoms with Gasteiger partial charge in [-0.3, -0.25) is 9.97 Å². The van der Waals surface area contributed by atoms with Crippen LogP contribution in [-0.4, -0.2) is 48.4 Å². The van der Waals surface area contributed by atoms with Crippen LogP contribution in [0.1, 0.15) is 34.6 Å². The lowest BCUT2D eigenvalue weighted by atomic mass is 10.3. The summed E-state index contributed by atoms with van der Waals surface area (Å²) in [6, 6.07) is 3.27. The molecule has 27 heavy (non-hydrogen) atoms. The van der Waals surface area contributed by atoms with E-state index in [2.05, 4.69) is 35.4 Å². The first-order valence-corrected chi connectivity index (χ1v) is 11.0. The molecule has 0 saturated carbocycles. The van der Waals surface area contributed by atoms with E-state index in [0.717, 1.165) is 4.47 Å². The number of rotatable bonds is 5. The molecule has 9 heteroatoms. The Hall–Kier alpha value is -2.05. The van der Waals surface area contributed by atoms with Crippen molar-refractivity contribution in [2.24, 2.45) is 0 Å². The molecule has 146 valence electrons. The summed E-state index contributed by atoms with van der Waals surface area (Å²) in [7, 11) is 0.269. The molecule has 2 rings (SSSR count). The van der Waals surface area contributed by atoms with Crippen LogP contribution in [0.15, 0.2) is 41.4 Å². The molecule has 0 radical (unpaired) electrons. The van der Waals surface area contributed by atoms with E-state index in [0.29, 0.717) is 28.8 Å². The van der Waals surface area contributed by atoms with E-state index in [1.807, 2.05) is 13.8 Å². The Balaban J connectivity index is 0.000000289. The average Bonchev–Trinajstić information content (AvgIpc) is 2.72. The first kappa shape index (κ1) is 23.0. The second kappa shape index (κ2) is 10.9. The van der Waals surface area contributed by atoms with Crippen molar-refractivity contribution in [3.8, 4) is 0 Å². The molecule has 0 spiro atoms. The third-order valence-electron chi connectivity index (χ3n) is 3.76. The van der Waals surface area contributed by atoms with Gasteiger partial charge in [-0.05, 0) is 28.1 Å². The molecule has 0 aliphatic rings. The summed E-state index contributed by atoms with van der Waals surface area (Å²) >= 11 is 3.19. The Labute approximate surface area is 167 Å². The number of carbonyl (C=O) groups excluding carboxylic acids is 2. The lowest BCUT2D eigenvalue weighted by molar-refractivity contribution is 0.0591.